The number of aromatic nitrogens is 1. The van der Waals surface area contributed by atoms with Crippen LogP contribution in [0.25, 0.3) is 0 Å². The van der Waals surface area contributed by atoms with Crippen molar-refractivity contribution in [3.63, 3.8) is 0 Å². The second-order valence-electron chi connectivity index (χ2n) is 4.87. The van der Waals surface area contributed by atoms with Crippen LogP contribution in [0.3, 0.4) is 0 Å². The first kappa shape index (κ1) is 15.8. The Kier molecular flexibility index (Phi) is 5.25. The lowest BCUT2D eigenvalue weighted by Crippen LogP contribution is -2.27. The Labute approximate surface area is 119 Å². The van der Waals surface area contributed by atoms with Gasteiger partial charge in [-0.2, -0.15) is 0 Å². The molecular formula is C11H16ClN3O3S. The van der Waals surface area contributed by atoms with E-state index in [9.17, 15) is 14.3 Å². The SMILES string of the molecule is CC(C)(C)S(=O)CCNc1ncc([N+](=O)[O-])cc1Cl. The third-order valence-corrected chi connectivity index (χ3v) is 4.53. The predicted octanol–water partition coefficient (Wildman–Crippen LogP) is 2.60. The number of anilines is 1. The molecule has 6 nitrogen and oxygen atoms in total. The highest BCUT2D eigenvalue weighted by Crippen LogP contribution is 2.23. The van der Waals surface area contributed by atoms with E-state index in [1.807, 2.05) is 20.8 Å². The quantitative estimate of drug-likeness (QED) is 0.667. The molecule has 1 rings (SSSR count). The first-order valence-electron chi connectivity index (χ1n) is 5.64. The number of halogens is 1. The van der Waals surface area contributed by atoms with Crippen LogP contribution in [0.5, 0.6) is 0 Å². The third kappa shape index (κ3) is 4.76. The van der Waals surface area contributed by atoms with Gasteiger partial charge >= 0.3 is 0 Å². The molecule has 1 atom stereocenters. The fourth-order valence-corrected chi connectivity index (χ4v) is 2.35. The van der Waals surface area contributed by atoms with Crippen LogP contribution in [0.4, 0.5) is 11.5 Å². The number of nitrogens with zero attached hydrogens (tertiary/aromatic N) is 2. The number of pyridine rings is 1. The normalized spacial score (nSPS) is 13.1. The van der Waals surface area contributed by atoms with Crippen LogP contribution in [-0.4, -0.2) is 31.2 Å². The summed E-state index contributed by atoms with van der Waals surface area (Å²) in [6.07, 6.45) is 1.13. The number of nitro groups is 1. The first-order valence-corrected chi connectivity index (χ1v) is 7.34. The lowest BCUT2D eigenvalue weighted by atomic mass is 10.3. The summed E-state index contributed by atoms with van der Waals surface area (Å²) in [7, 11) is -0.971. The summed E-state index contributed by atoms with van der Waals surface area (Å²) in [6, 6.07) is 1.23. The zero-order chi connectivity index (χ0) is 14.6. The molecule has 1 heterocycles. The van der Waals surface area contributed by atoms with Crippen molar-refractivity contribution < 1.29 is 9.13 Å². The lowest BCUT2D eigenvalue weighted by molar-refractivity contribution is -0.385. The fraction of sp³-hybridized carbons (Fsp3) is 0.545. The van der Waals surface area contributed by atoms with E-state index in [-0.39, 0.29) is 15.5 Å². The molecule has 0 saturated heterocycles. The maximum atomic E-state index is 11.8. The molecular weight excluding hydrogens is 290 g/mol. The van der Waals surface area contributed by atoms with Crippen molar-refractivity contribution in [3.05, 3.63) is 27.4 Å². The minimum atomic E-state index is -0.971. The van der Waals surface area contributed by atoms with E-state index in [2.05, 4.69) is 10.3 Å². The van der Waals surface area contributed by atoms with Crippen molar-refractivity contribution in [2.45, 2.75) is 25.5 Å². The third-order valence-electron chi connectivity index (χ3n) is 2.30. The van der Waals surface area contributed by atoms with Crippen LogP contribution in [-0.2, 0) is 10.8 Å². The molecule has 0 amide bonds. The standard InChI is InChI=1S/C11H16ClN3O3S/c1-11(2,3)19(18)5-4-13-10-9(12)6-8(7-14-10)15(16)17/h6-7H,4-5H2,1-3H3,(H,13,14). The van der Waals surface area contributed by atoms with Gasteiger partial charge in [0, 0.05) is 33.9 Å². The summed E-state index contributed by atoms with van der Waals surface area (Å²) < 4.78 is 11.5. The second kappa shape index (κ2) is 6.29. The van der Waals surface area contributed by atoms with Gasteiger partial charge in [0.1, 0.15) is 12.0 Å². The molecule has 0 radical (unpaired) electrons. The van der Waals surface area contributed by atoms with Gasteiger partial charge in [-0.3, -0.25) is 14.3 Å². The molecule has 0 aromatic carbocycles. The van der Waals surface area contributed by atoms with Crippen LogP contribution in [0.1, 0.15) is 20.8 Å². The van der Waals surface area contributed by atoms with Gasteiger partial charge in [-0.05, 0) is 20.8 Å². The van der Waals surface area contributed by atoms with Gasteiger partial charge in [0.25, 0.3) is 5.69 Å². The Hall–Kier alpha value is -1.21. The molecule has 106 valence electrons. The van der Waals surface area contributed by atoms with Crippen LogP contribution < -0.4 is 5.32 Å². The molecule has 0 bridgehead atoms. The molecule has 1 aromatic heterocycles. The Bertz CT molecular complexity index is 502. The van der Waals surface area contributed by atoms with E-state index in [0.29, 0.717) is 18.1 Å². The largest absolute Gasteiger partial charge is 0.368 e. The molecule has 1 unspecified atom stereocenters. The van der Waals surface area contributed by atoms with Gasteiger partial charge in [0.2, 0.25) is 0 Å². The van der Waals surface area contributed by atoms with E-state index < -0.39 is 15.7 Å². The summed E-state index contributed by atoms with van der Waals surface area (Å²) in [4.78, 5) is 13.8. The van der Waals surface area contributed by atoms with Gasteiger partial charge in [0.05, 0.1) is 9.95 Å². The lowest BCUT2D eigenvalue weighted by Gasteiger charge is -2.17. The Morgan fingerprint density at radius 3 is 2.63 bits per heavy atom. The van der Waals surface area contributed by atoms with Gasteiger partial charge in [0.15, 0.2) is 0 Å². The average molecular weight is 306 g/mol. The van der Waals surface area contributed by atoms with Crippen molar-refractivity contribution in [1.82, 2.24) is 4.98 Å². The predicted molar refractivity (Wildman–Crippen MR) is 77.2 cm³/mol. The van der Waals surface area contributed by atoms with Gasteiger partial charge in [-0.15, -0.1) is 0 Å². The van der Waals surface area contributed by atoms with E-state index in [0.717, 1.165) is 6.20 Å². The minimum absolute atomic E-state index is 0.159. The highest BCUT2D eigenvalue weighted by Gasteiger charge is 2.19. The van der Waals surface area contributed by atoms with E-state index in [1.165, 1.54) is 6.07 Å². The first-order chi connectivity index (χ1) is 8.71. The molecule has 19 heavy (non-hydrogen) atoms. The van der Waals surface area contributed by atoms with Crippen molar-refractivity contribution >= 4 is 33.9 Å². The van der Waals surface area contributed by atoms with Crippen molar-refractivity contribution in [2.75, 3.05) is 17.6 Å². The number of hydrogen-bond donors (Lipinski definition) is 1. The van der Waals surface area contributed by atoms with Crippen LogP contribution in [0.2, 0.25) is 5.02 Å². The van der Waals surface area contributed by atoms with Crippen LogP contribution in [0.15, 0.2) is 12.3 Å². The van der Waals surface area contributed by atoms with Gasteiger partial charge in [-0.1, -0.05) is 11.6 Å². The second-order valence-corrected chi connectivity index (χ2v) is 7.60. The number of hydrogen-bond acceptors (Lipinski definition) is 5. The molecule has 0 saturated carbocycles. The zero-order valence-corrected chi connectivity index (χ0v) is 12.5. The maximum absolute atomic E-state index is 11.8. The Morgan fingerprint density at radius 1 is 1.53 bits per heavy atom. The smallest absolute Gasteiger partial charge is 0.289 e. The number of rotatable bonds is 5. The van der Waals surface area contributed by atoms with Crippen LogP contribution >= 0.6 is 11.6 Å². The molecule has 1 aromatic rings. The number of nitrogens with one attached hydrogen (secondary N) is 1. The topological polar surface area (TPSA) is 85.1 Å². The van der Waals surface area contributed by atoms with Gasteiger partial charge < -0.3 is 5.32 Å². The molecule has 1 N–H and O–H groups in total. The van der Waals surface area contributed by atoms with Crippen LogP contribution in [0, 0.1) is 10.1 Å². The molecule has 0 aliphatic carbocycles. The van der Waals surface area contributed by atoms with Crippen molar-refractivity contribution in [1.29, 1.82) is 0 Å². The summed E-state index contributed by atoms with van der Waals surface area (Å²) in [5.74, 6) is 0.816. The summed E-state index contributed by atoms with van der Waals surface area (Å²) in [5, 5.41) is 13.6. The highest BCUT2D eigenvalue weighted by atomic mass is 35.5. The maximum Gasteiger partial charge on any atom is 0.289 e. The van der Waals surface area contributed by atoms with E-state index in [1.54, 1.807) is 0 Å². The van der Waals surface area contributed by atoms with Crippen molar-refractivity contribution in [3.8, 4) is 0 Å². The Morgan fingerprint density at radius 2 is 2.16 bits per heavy atom. The summed E-state index contributed by atoms with van der Waals surface area (Å²) >= 11 is 5.87. The molecule has 0 spiro atoms. The van der Waals surface area contributed by atoms with E-state index >= 15 is 0 Å². The summed E-state index contributed by atoms with van der Waals surface area (Å²) in [5.41, 5.74) is -0.159. The fourth-order valence-electron chi connectivity index (χ4n) is 1.23. The zero-order valence-electron chi connectivity index (χ0n) is 11.0. The molecule has 0 fully saturated rings. The van der Waals surface area contributed by atoms with Gasteiger partial charge in [-0.25, -0.2) is 4.98 Å². The minimum Gasteiger partial charge on any atom is -0.368 e. The molecule has 8 heteroatoms. The Balaban J connectivity index is 2.60. The molecule has 0 aliphatic heterocycles. The summed E-state index contributed by atoms with van der Waals surface area (Å²) in [6.45, 7) is 6.15. The molecule has 0 aliphatic rings. The van der Waals surface area contributed by atoms with Crippen molar-refractivity contribution in [2.24, 2.45) is 0 Å². The monoisotopic (exact) mass is 305 g/mol. The van der Waals surface area contributed by atoms with E-state index in [4.69, 9.17) is 11.6 Å². The average Bonchev–Trinajstić information content (AvgIpc) is 2.29. The highest BCUT2D eigenvalue weighted by molar-refractivity contribution is 7.86.